The molecule has 100 valence electrons. The predicted molar refractivity (Wildman–Crippen MR) is 57.0 cm³/mol. The molecule has 0 N–H and O–H groups in total. The van der Waals surface area contributed by atoms with E-state index in [9.17, 15) is 18.0 Å². The molecule has 0 bridgehead atoms. The van der Waals surface area contributed by atoms with Crippen molar-refractivity contribution in [3.05, 3.63) is 17.7 Å². The van der Waals surface area contributed by atoms with Crippen LogP contribution in [0.3, 0.4) is 0 Å². The lowest BCUT2D eigenvalue weighted by atomic mass is 10.1. The Morgan fingerprint density at radius 3 is 2.33 bits per heavy atom. The van der Waals surface area contributed by atoms with Gasteiger partial charge in [-0.3, -0.25) is 4.79 Å². The van der Waals surface area contributed by atoms with Crippen LogP contribution in [0, 0.1) is 0 Å². The molecule has 4 nitrogen and oxygen atoms in total. The highest BCUT2D eigenvalue weighted by Gasteiger charge is 2.41. The van der Waals surface area contributed by atoms with Gasteiger partial charge in [-0.2, -0.15) is 18.2 Å². The standard InChI is InChI=1S/C11H12F3NO3/c1-3-17-8-6-5-7(9(16)11(12,13)14)10(15-8)18-4-2/h5-6H,3-4H2,1-2H3. The molecule has 18 heavy (non-hydrogen) atoms. The number of hydrogen-bond acceptors (Lipinski definition) is 4. The Kier molecular flexibility index (Phi) is 4.52. The van der Waals surface area contributed by atoms with Crippen LogP contribution in [0.25, 0.3) is 0 Å². The molecular formula is C11H12F3NO3. The van der Waals surface area contributed by atoms with Crippen molar-refractivity contribution in [1.29, 1.82) is 0 Å². The van der Waals surface area contributed by atoms with Gasteiger partial charge in [0.2, 0.25) is 11.8 Å². The second-order valence-corrected chi connectivity index (χ2v) is 3.20. The molecule has 1 rings (SSSR count). The number of Topliss-reactive ketones (excluding diaryl/α,β-unsaturated/α-hetero) is 1. The van der Waals surface area contributed by atoms with Gasteiger partial charge in [-0.05, 0) is 19.9 Å². The van der Waals surface area contributed by atoms with Crippen LogP contribution in [-0.2, 0) is 0 Å². The van der Waals surface area contributed by atoms with E-state index in [1.54, 1.807) is 13.8 Å². The Morgan fingerprint density at radius 1 is 1.22 bits per heavy atom. The number of hydrogen-bond donors (Lipinski definition) is 0. The molecule has 0 aromatic carbocycles. The van der Waals surface area contributed by atoms with Crippen molar-refractivity contribution in [1.82, 2.24) is 4.98 Å². The first-order chi connectivity index (χ1) is 8.40. The molecule has 0 spiro atoms. The fraction of sp³-hybridized carbons (Fsp3) is 0.455. The maximum Gasteiger partial charge on any atom is 0.455 e. The molecule has 0 aliphatic rings. The van der Waals surface area contributed by atoms with Gasteiger partial charge in [0.05, 0.1) is 18.8 Å². The van der Waals surface area contributed by atoms with Crippen LogP contribution in [0.15, 0.2) is 12.1 Å². The van der Waals surface area contributed by atoms with E-state index in [0.717, 1.165) is 6.07 Å². The topological polar surface area (TPSA) is 48.4 Å². The number of carbonyl (C=O) groups is 1. The number of ketones is 1. The number of ether oxygens (including phenoxy) is 2. The van der Waals surface area contributed by atoms with Crippen LogP contribution < -0.4 is 9.47 Å². The van der Waals surface area contributed by atoms with E-state index >= 15 is 0 Å². The molecule has 0 unspecified atom stereocenters. The number of alkyl halides is 3. The molecule has 1 heterocycles. The monoisotopic (exact) mass is 263 g/mol. The third-order valence-corrected chi connectivity index (χ3v) is 1.91. The molecule has 0 atom stereocenters. The predicted octanol–water partition coefficient (Wildman–Crippen LogP) is 2.62. The van der Waals surface area contributed by atoms with Crippen LogP contribution in [0.2, 0.25) is 0 Å². The van der Waals surface area contributed by atoms with E-state index in [4.69, 9.17) is 9.47 Å². The summed E-state index contributed by atoms with van der Waals surface area (Å²) >= 11 is 0. The Hall–Kier alpha value is -1.79. The van der Waals surface area contributed by atoms with Crippen LogP contribution in [0.1, 0.15) is 24.2 Å². The minimum atomic E-state index is -4.96. The van der Waals surface area contributed by atoms with Gasteiger partial charge in [-0.1, -0.05) is 0 Å². The molecule has 1 aromatic heterocycles. The van der Waals surface area contributed by atoms with Gasteiger partial charge in [0.15, 0.2) is 0 Å². The summed E-state index contributed by atoms with van der Waals surface area (Å²) in [5.74, 6) is -2.24. The zero-order valence-corrected chi connectivity index (χ0v) is 9.87. The summed E-state index contributed by atoms with van der Waals surface area (Å²) < 4.78 is 47.0. The first kappa shape index (κ1) is 14.3. The first-order valence-electron chi connectivity index (χ1n) is 5.28. The summed E-state index contributed by atoms with van der Waals surface area (Å²) in [6.45, 7) is 3.69. The lowest BCUT2D eigenvalue weighted by Gasteiger charge is -2.11. The fourth-order valence-electron chi connectivity index (χ4n) is 1.22. The van der Waals surface area contributed by atoms with Crippen LogP contribution in [-0.4, -0.2) is 30.2 Å². The van der Waals surface area contributed by atoms with E-state index in [2.05, 4.69) is 4.98 Å². The largest absolute Gasteiger partial charge is 0.478 e. The van der Waals surface area contributed by atoms with E-state index in [1.165, 1.54) is 6.07 Å². The minimum absolute atomic E-state index is 0.0979. The number of nitrogens with zero attached hydrogens (tertiary/aromatic N) is 1. The number of pyridine rings is 1. The zero-order valence-electron chi connectivity index (χ0n) is 9.87. The van der Waals surface area contributed by atoms with Gasteiger partial charge in [0.1, 0.15) is 0 Å². The summed E-state index contributed by atoms with van der Waals surface area (Å²) in [7, 11) is 0. The lowest BCUT2D eigenvalue weighted by Crippen LogP contribution is -2.23. The first-order valence-corrected chi connectivity index (χ1v) is 5.28. The highest BCUT2D eigenvalue weighted by molar-refractivity contribution is 6.02. The molecule has 0 amide bonds. The third-order valence-electron chi connectivity index (χ3n) is 1.91. The zero-order chi connectivity index (χ0) is 13.8. The Labute approximate surface area is 102 Å². The second kappa shape index (κ2) is 5.70. The van der Waals surface area contributed by atoms with Gasteiger partial charge in [-0.25, -0.2) is 0 Å². The highest BCUT2D eigenvalue weighted by Crippen LogP contribution is 2.28. The minimum Gasteiger partial charge on any atom is -0.478 e. The summed E-state index contributed by atoms with van der Waals surface area (Å²) in [4.78, 5) is 14.9. The van der Waals surface area contributed by atoms with Crippen molar-refractivity contribution >= 4 is 5.78 Å². The normalized spacial score (nSPS) is 11.2. The van der Waals surface area contributed by atoms with Crippen LogP contribution in [0.5, 0.6) is 11.8 Å². The Bertz CT molecular complexity index is 432. The summed E-state index contributed by atoms with van der Waals surface area (Å²) in [6.07, 6.45) is -4.96. The highest BCUT2D eigenvalue weighted by atomic mass is 19.4. The molecule has 0 saturated heterocycles. The van der Waals surface area contributed by atoms with Crippen molar-refractivity contribution in [3.63, 3.8) is 0 Å². The van der Waals surface area contributed by atoms with Gasteiger partial charge < -0.3 is 9.47 Å². The summed E-state index contributed by atoms with van der Waals surface area (Å²) in [6, 6.07) is 2.20. The average Bonchev–Trinajstić information content (AvgIpc) is 2.28. The van der Waals surface area contributed by atoms with Gasteiger partial charge >= 0.3 is 6.18 Å². The number of halogens is 3. The van der Waals surface area contributed by atoms with Gasteiger partial charge in [-0.15, -0.1) is 0 Å². The molecule has 0 fully saturated rings. The van der Waals surface area contributed by atoms with Crippen molar-refractivity contribution in [2.45, 2.75) is 20.0 Å². The molecule has 0 radical (unpaired) electrons. The van der Waals surface area contributed by atoms with Gasteiger partial charge in [0, 0.05) is 6.07 Å². The number of carbonyl (C=O) groups excluding carboxylic acids is 1. The molecule has 0 saturated carbocycles. The lowest BCUT2D eigenvalue weighted by molar-refractivity contribution is -0.0887. The van der Waals surface area contributed by atoms with Gasteiger partial charge in [0.25, 0.3) is 5.78 Å². The molecule has 0 aliphatic carbocycles. The summed E-state index contributed by atoms with van der Waals surface area (Å²) in [5, 5.41) is 0. The smallest absolute Gasteiger partial charge is 0.455 e. The number of rotatable bonds is 5. The van der Waals surface area contributed by atoms with Crippen LogP contribution >= 0.6 is 0 Å². The Morgan fingerprint density at radius 2 is 1.83 bits per heavy atom. The molecule has 7 heteroatoms. The quantitative estimate of drug-likeness (QED) is 0.766. The maximum atomic E-state index is 12.3. The number of aromatic nitrogens is 1. The van der Waals surface area contributed by atoms with Crippen molar-refractivity contribution in [2.75, 3.05) is 13.2 Å². The second-order valence-electron chi connectivity index (χ2n) is 3.20. The summed E-state index contributed by atoms with van der Waals surface area (Å²) in [5.41, 5.74) is -0.618. The molecular weight excluding hydrogens is 251 g/mol. The van der Waals surface area contributed by atoms with Crippen molar-refractivity contribution in [3.8, 4) is 11.8 Å². The van der Waals surface area contributed by atoms with Crippen LogP contribution in [0.4, 0.5) is 13.2 Å². The molecule has 1 aromatic rings. The van der Waals surface area contributed by atoms with E-state index in [-0.39, 0.29) is 18.4 Å². The molecule has 0 aliphatic heterocycles. The SMILES string of the molecule is CCOc1ccc(C(=O)C(F)(F)F)c(OCC)n1. The maximum absolute atomic E-state index is 12.3. The van der Waals surface area contributed by atoms with E-state index in [0.29, 0.717) is 6.61 Å². The third kappa shape index (κ3) is 3.35. The average molecular weight is 263 g/mol. The fourth-order valence-corrected chi connectivity index (χ4v) is 1.22. The Balaban J connectivity index is 3.14. The van der Waals surface area contributed by atoms with Crippen molar-refractivity contribution < 1.29 is 27.4 Å². The van der Waals surface area contributed by atoms with E-state index in [1.807, 2.05) is 0 Å². The van der Waals surface area contributed by atoms with Crippen molar-refractivity contribution in [2.24, 2.45) is 0 Å². The van der Waals surface area contributed by atoms with E-state index < -0.39 is 17.5 Å².